The molecule has 1 fully saturated rings. The molecule has 2 N–H and O–H groups in total. The van der Waals surface area contributed by atoms with Crippen molar-refractivity contribution in [3.05, 3.63) is 0 Å². The van der Waals surface area contributed by atoms with E-state index < -0.39 is 0 Å². The molecular weight excluding hydrogens is 226 g/mol. The molecule has 1 aromatic rings. The molecule has 0 spiro atoms. The molecule has 0 saturated heterocycles. The molecule has 2 rings (SSSR count). The summed E-state index contributed by atoms with van der Waals surface area (Å²) in [6.45, 7) is 6.08. The van der Waals surface area contributed by atoms with Gasteiger partial charge in [0, 0.05) is 13.1 Å². The molecule has 1 aromatic heterocycles. The van der Waals surface area contributed by atoms with Gasteiger partial charge in [-0.15, -0.1) is 5.10 Å². The fourth-order valence-electron chi connectivity index (χ4n) is 2.74. The molecule has 0 bridgehead atoms. The van der Waals surface area contributed by atoms with Crippen molar-refractivity contribution in [3.8, 4) is 0 Å². The molecule has 5 heteroatoms. The predicted octanol–water partition coefficient (Wildman–Crippen LogP) is 2.60. The lowest BCUT2D eigenvalue weighted by Gasteiger charge is -2.17. The summed E-state index contributed by atoms with van der Waals surface area (Å²) in [6, 6.07) is 0.448. The van der Waals surface area contributed by atoms with Gasteiger partial charge in [0.1, 0.15) is 0 Å². The summed E-state index contributed by atoms with van der Waals surface area (Å²) in [5.41, 5.74) is 6.03. The highest BCUT2D eigenvalue weighted by molar-refractivity contribution is 5.34. The van der Waals surface area contributed by atoms with Crippen LogP contribution in [-0.2, 0) is 0 Å². The minimum Gasteiger partial charge on any atom is -0.368 e. The number of anilines is 2. The van der Waals surface area contributed by atoms with Crippen LogP contribution < -0.4 is 10.6 Å². The molecule has 0 radical (unpaired) electrons. The fourth-order valence-corrected chi connectivity index (χ4v) is 2.74. The summed E-state index contributed by atoms with van der Waals surface area (Å²) in [6.07, 6.45) is 7.62. The molecule has 0 aliphatic heterocycles. The van der Waals surface area contributed by atoms with Crippen molar-refractivity contribution < 1.29 is 0 Å². The molecule has 1 saturated carbocycles. The first-order valence-electron chi connectivity index (χ1n) is 7.23. The lowest BCUT2D eigenvalue weighted by atomic mass is 10.1. The summed E-state index contributed by atoms with van der Waals surface area (Å²) < 4.78 is 1.96. The lowest BCUT2D eigenvalue weighted by molar-refractivity contribution is 0.410. The predicted molar refractivity (Wildman–Crippen MR) is 74.7 cm³/mol. The van der Waals surface area contributed by atoms with Crippen LogP contribution in [0.3, 0.4) is 0 Å². The Morgan fingerprint density at radius 1 is 1.17 bits per heavy atom. The summed E-state index contributed by atoms with van der Waals surface area (Å²) in [5, 5.41) is 4.62. The van der Waals surface area contributed by atoms with Gasteiger partial charge in [-0.2, -0.15) is 4.98 Å². The van der Waals surface area contributed by atoms with Gasteiger partial charge < -0.3 is 10.6 Å². The molecule has 0 aromatic carbocycles. The maximum absolute atomic E-state index is 6.03. The number of nitrogen functional groups attached to an aromatic ring is 1. The average molecular weight is 251 g/mol. The van der Waals surface area contributed by atoms with Gasteiger partial charge in [0.15, 0.2) is 0 Å². The number of hydrogen-bond acceptors (Lipinski definition) is 4. The van der Waals surface area contributed by atoms with E-state index in [1.807, 2.05) is 4.68 Å². The number of nitrogens with zero attached hydrogens (tertiary/aromatic N) is 4. The van der Waals surface area contributed by atoms with E-state index >= 15 is 0 Å². The van der Waals surface area contributed by atoms with Gasteiger partial charge >= 0.3 is 0 Å². The molecule has 5 nitrogen and oxygen atoms in total. The van der Waals surface area contributed by atoms with Crippen molar-refractivity contribution in [2.45, 2.75) is 58.4 Å². The van der Waals surface area contributed by atoms with Gasteiger partial charge in [0.05, 0.1) is 6.04 Å². The van der Waals surface area contributed by atoms with Crippen molar-refractivity contribution in [1.29, 1.82) is 0 Å². The quantitative estimate of drug-likeness (QED) is 0.836. The van der Waals surface area contributed by atoms with Crippen LogP contribution >= 0.6 is 0 Å². The first-order chi connectivity index (χ1) is 8.76. The summed E-state index contributed by atoms with van der Waals surface area (Å²) >= 11 is 0. The molecule has 102 valence electrons. The van der Waals surface area contributed by atoms with Crippen molar-refractivity contribution in [3.63, 3.8) is 0 Å². The zero-order valence-corrected chi connectivity index (χ0v) is 11.6. The Bertz CT molecular complexity index is 361. The molecule has 0 amide bonds. The van der Waals surface area contributed by atoms with Gasteiger partial charge in [0.2, 0.25) is 11.9 Å². The molecule has 1 aliphatic rings. The third-order valence-electron chi connectivity index (χ3n) is 3.86. The van der Waals surface area contributed by atoms with E-state index in [0.717, 1.165) is 19.0 Å². The highest BCUT2D eigenvalue weighted by Gasteiger charge is 2.20. The Balaban J connectivity index is 2.17. The van der Waals surface area contributed by atoms with Crippen LogP contribution in [0.4, 0.5) is 11.9 Å². The maximum atomic E-state index is 6.03. The Morgan fingerprint density at radius 3 is 2.33 bits per heavy atom. The van der Waals surface area contributed by atoms with E-state index in [-0.39, 0.29) is 0 Å². The zero-order chi connectivity index (χ0) is 13.0. The van der Waals surface area contributed by atoms with Crippen LogP contribution in [0.25, 0.3) is 0 Å². The van der Waals surface area contributed by atoms with Crippen molar-refractivity contribution in [1.82, 2.24) is 14.8 Å². The normalized spacial score (nSPS) is 17.7. The van der Waals surface area contributed by atoms with E-state index in [4.69, 9.17) is 5.73 Å². The zero-order valence-electron chi connectivity index (χ0n) is 11.6. The lowest BCUT2D eigenvalue weighted by Crippen LogP contribution is -2.23. The molecule has 0 atom stereocenters. The summed E-state index contributed by atoms with van der Waals surface area (Å²) in [7, 11) is 0. The van der Waals surface area contributed by atoms with Crippen molar-refractivity contribution in [2.75, 3.05) is 23.7 Å². The van der Waals surface area contributed by atoms with Crippen LogP contribution in [0.15, 0.2) is 0 Å². The SMILES string of the molecule is CCN(CC)c1nc(N)n(C2CCCCCC2)n1. The minimum atomic E-state index is 0.448. The van der Waals surface area contributed by atoms with E-state index in [2.05, 4.69) is 28.8 Å². The second-order valence-electron chi connectivity index (χ2n) is 5.03. The Labute approximate surface area is 109 Å². The van der Waals surface area contributed by atoms with Crippen LogP contribution in [0.2, 0.25) is 0 Å². The monoisotopic (exact) mass is 251 g/mol. The van der Waals surface area contributed by atoms with E-state index in [1.165, 1.54) is 38.5 Å². The van der Waals surface area contributed by atoms with Crippen molar-refractivity contribution >= 4 is 11.9 Å². The standard InChI is InChI=1S/C13H25N5/c1-3-17(4-2)13-15-12(14)18(16-13)11-9-7-5-6-8-10-11/h11H,3-10H2,1-2H3,(H2,14,15,16). The number of nitrogens with two attached hydrogens (primary N) is 1. The Kier molecular flexibility index (Phi) is 4.44. The molecule has 1 heterocycles. The number of hydrogen-bond donors (Lipinski definition) is 1. The van der Waals surface area contributed by atoms with Crippen molar-refractivity contribution in [2.24, 2.45) is 0 Å². The largest absolute Gasteiger partial charge is 0.368 e. The highest BCUT2D eigenvalue weighted by atomic mass is 15.5. The van der Waals surface area contributed by atoms with E-state index in [1.54, 1.807) is 0 Å². The summed E-state index contributed by atoms with van der Waals surface area (Å²) in [4.78, 5) is 6.56. The first kappa shape index (κ1) is 13.2. The Morgan fingerprint density at radius 2 is 1.78 bits per heavy atom. The number of rotatable bonds is 4. The van der Waals surface area contributed by atoms with Crippen LogP contribution in [-0.4, -0.2) is 27.9 Å². The number of aromatic nitrogens is 3. The maximum Gasteiger partial charge on any atom is 0.246 e. The molecule has 0 unspecified atom stereocenters. The van der Waals surface area contributed by atoms with E-state index in [0.29, 0.717) is 12.0 Å². The van der Waals surface area contributed by atoms with Gasteiger partial charge in [-0.3, -0.25) is 0 Å². The third-order valence-corrected chi connectivity index (χ3v) is 3.86. The second kappa shape index (κ2) is 6.07. The smallest absolute Gasteiger partial charge is 0.246 e. The summed E-state index contributed by atoms with van der Waals surface area (Å²) in [5.74, 6) is 1.35. The minimum absolute atomic E-state index is 0.448. The second-order valence-corrected chi connectivity index (χ2v) is 5.03. The first-order valence-corrected chi connectivity index (χ1v) is 7.23. The van der Waals surface area contributed by atoms with Gasteiger partial charge in [-0.25, -0.2) is 4.68 Å². The average Bonchev–Trinajstić information content (AvgIpc) is 2.61. The molecular formula is C13H25N5. The van der Waals surface area contributed by atoms with Gasteiger partial charge in [-0.1, -0.05) is 25.7 Å². The van der Waals surface area contributed by atoms with Crippen LogP contribution in [0, 0.1) is 0 Å². The van der Waals surface area contributed by atoms with Gasteiger partial charge in [-0.05, 0) is 26.7 Å². The van der Waals surface area contributed by atoms with Crippen LogP contribution in [0.5, 0.6) is 0 Å². The van der Waals surface area contributed by atoms with E-state index in [9.17, 15) is 0 Å². The molecule has 1 aliphatic carbocycles. The fraction of sp³-hybridized carbons (Fsp3) is 0.846. The highest BCUT2D eigenvalue weighted by Crippen LogP contribution is 2.28. The molecule has 18 heavy (non-hydrogen) atoms. The third kappa shape index (κ3) is 2.76. The topological polar surface area (TPSA) is 60.0 Å². The van der Waals surface area contributed by atoms with Crippen LogP contribution in [0.1, 0.15) is 58.4 Å². The van der Waals surface area contributed by atoms with Gasteiger partial charge in [0.25, 0.3) is 0 Å². The Hall–Kier alpha value is -1.26.